The van der Waals surface area contributed by atoms with Crippen LogP contribution in [0, 0.1) is 6.92 Å². The van der Waals surface area contributed by atoms with Crippen molar-refractivity contribution in [1.82, 2.24) is 13.5 Å². The molecule has 136 valence electrons. The summed E-state index contributed by atoms with van der Waals surface area (Å²) in [6.45, 7) is 5.09. The van der Waals surface area contributed by atoms with Crippen LogP contribution in [0.2, 0.25) is 5.02 Å². The molecule has 3 rings (SSSR count). The van der Waals surface area contributed by atoms with E-state index >= 15 is 0 Å². The van der Waals surface area contributed by atoms with Crippen molar-refractivity contribution in [3.8, 4) is 0 Å². The molecule has 7 nitrogen and oxygen atoms in total. The Bertz CT molecular complexity index is 1110. The van der Waals surface area contributed by atoms with Crippen LogP contribution in [0.15, 0.2) is 33.2 Å². The molecule has 1 amide bonds. The second-order valence-corrected chi connectivity index (χ2v) is 7.26. The topological polar surface area (TPSA) is 86.0 Å². The molecule has 1 N–H and O–H groups in total. The Balaban J connectivity index is 2.02. The first-order valence-electron chi connectivity index (χ1n) is 7.95. The number of carbonyl (C=O) groups excluding carboxylic acids is 1. The molecule has 0 unspecified atom stereocenters. The zero-order valence-corrected chi connectivity index (χ0v) is 16.0. The Morgan fingerprint density at radius 1 is 1.35 bits per heavy atom. The molecule has 3 aromatic rings. The molecule has 26 heavy (non-hydrogen) atoms. The number of nitrogens with one attached hydrogen (secondary N) is 1. The van der Waals surface area contributed by atoms with Gasteiger partial charge in [0.1, 0.15) is 6.54 Å². The van der Waals surface area contributed by atoms with Gasteiger partial charge in [0.2, 0.25) is 5.91 Å². The van der Waals surface area contributed by atoms with Gasteiger partial charge in [-0.3, -0.25) is 18.7 Å². The number of hydrogen-bond acceptors (Lipinski definition) is 5. The van der Waals surface area contributed by atoms with Crippen LogP contribution in [0.4, 0.5) is 5.69 Å². The first-order valence-corrected chi connectivity index (χ1v) is 9.16. The zero-order chi connectivity index (χ0) is 19.0. The lowest BCUT2D eigenvalue weighted by Gasteiger charge is -2.14. The predicted octanol–water partition coefficient (Wildman–Crippen LogP) is 2.80. The van der Waals surface area contributed by atoms with Gasteiger partial charge in [0.05, 0.1) is 5.52 Å². The second-order valence-electron chi connectivity index (χ2n) is 6.19. The Morgan fingerprint density at radius 3 is 2.77 bits per heavy atom. The van der Waals surface area contributed by atoms with Crippen LogP contribution >= 0.6 is 23.1 Å². The van der Waals surface area contributed by atoms with E-state index in [2.05, 4.69) is 9.69 Å². The van der Waals surface area contributed by atoms with Crippen molar-refractivity contribution in [2.24, 2.45) is 0 Å². The molecule has 0 radical (unpaired) electrons. The van der Waals surface area contributed by atoms with E-state index in [0.717, 1.165) is 21.7 Å². The van der Waals surface area contributed by atoms with Crippen molar-refractivity contribution in [2.75, 3.05) is 5.32 Å². The van der Waals surface area contributed by atoms with E-state index in [9.17, 15) is 14.4 Å². The van der Waals surface area contributed by atoms with Crippen molar-refractivity contribution >= 4 is 45.8 Å². The number of carbonyl (C=O) groups is 1. The lowest BCUT2D eigenvalue weighted by Crippen LogP contribution is -2.42. The average molecular weight is 393 g/mol. The molecule has 0 fully saturated rings. The maximum absolute atomic E-state index is 12.8. The van der Waals surface area contributed by atoms with E-state index in [1.54, 1.807) is 37.4 Å². The van der Waals surface area contributed by atoms with Crippen LogP contribution < -0.4 is 16.6 Å². The summed E-state index contributed by atoms with van der Waals surface area (Å²) in [6, 6.07) is 4.83. The highest BCUT2D eigenvalue weighted by Gasteiger charge is 2.19. The van der Waals surface area contributed by atoms with Crippen LogP contribution in [-0.4, -0.2) is 19.4 Å². The highest BCUT2D eigenvalue weighted by atomic mass is 35.5. The van der Waals surface area contributed by atoms with Gasteiger partial charge < -0.3 is 5.32 Å². The smallest absolute Gasteiger partial charge is 0.324 e. The molecule has 0 spiro atoms. The monoisotopic (exact) mass is 392 g/mol. The van der Waals surface area contributed by atoms with Crippen LogP contribution in [0.25, 0.3) is 11.0 Å². The number of nitrogens with zero attached hydrogens (tertiary/aromatic N) is 3. The Morgan fingerprint density at radius 2 is 2.08 bits per heavy atom. The molecule has 0 saturated carbocycles. The van der Waals surface area contributed by atoms with E-state index in [4.69, 9.17) is 11.6 Å². The molecule has 0 atom stereocenters. The van der Waals surface area contributed by atoms with Crippen LogP contribution in [0.5, 0.6) is 0 Å². The van der Waals surface area contributed by atoms with Gasteiger partial charge >= 0.3 is 5.69 Å². The van der Waals surface area contributed by atoms with E-state index in [1.165, 1.54) is 4.57 Å². The molecule has 0 aliphatic rings. The van der Waals surface area contributed by atoms with Gasteiger partial charge in [-0.2, -0.15) is 4.37 Å². The van der Waals surface area contributed by atoms with Crippen LogP contribution in [0.3, 0.4) is 0 Å². The number of benzene rings is 1. The number of aromatic nitrogens is 3. The fourth-order valence-corrected chi connectivity index (χ4v) is 3.52. The quantitative estimate of drug-likeness (QED) is 0.739. The summed E-state index contributed by atoms with van der Waals surface area (Å²) in [5.41, 5.74) is 1.01. The summed E-state index contributed by atoms with van der Waals surface area (Å²) in [6.07, 6.45) is 0. The summed E-state index contributed by atoms with van der Waals surface area (Å²) in [5.74, 6) is -0.390. The highest BCUT2D eigenvalue weighted by Crippen LogP contribution is 2.20. The molecule has 9 heteroatoms. The predicted molar refractivity (Wildman–Crippen MR) is 103 cm³/mol. The first kappa shape index (κ1) is 18.3. The Kier molecular flexibility index (Phi) is 4.97. The number of fused-ring (bicyclic) bond motifs is 1. The van der Waals surface area contributed by atoms with Crippen LogP contribution in [-0.2, 0) is 11.3 Å². The minimum atomic E-state index is -0.532. The normalized spacial score (nSPS) is 11.3. The summed E-state index contributed by atoms with van der Waals surface area (Å²) < 4.78 is 6.46. The Hall–Kier alpha value is -2.45. The summed E-state index contributed by atoms with van der Waals surface area (Å²) in [7, 11) is 0. The van der Waals surface area contributed by atoms with Gasteiger partial charge in [-0.05, 0) is 50.0 Å². The zero-order valence-electron chi connectivity index (χ0n) is 14.4. The third-order valence-electron chi connectivity index (χ3n) is 3.99. The molecule has 2 aromatic heterocycles. The Labute approximate surface area is 158 Å². The molecular weight excluding hydrogens is 376 g/mol. The molecule has 0 aliphatic heterocycles. The third-order valence-corrected chi connectivity index (χ3v) is 4.84. The van der Waals surface area contributed by atoms with Crippen LogP contribution in [0.1, 0.15) is 25.5 Å². The third kappa shape index (κ3) is 3.30. The van der Waals surface area contributed by atoms with E-state index < -0.39 is 11.2 Å². The van der Waals surface area contributed by atoms with Crippen molar-refractivity contribution < 1.29 is 4.79 Å². The SMILES string of the molecule is Cc1ccc(Cl)cc1NC(=O)Cn1c(=O)n(C(C)C)c(=O)c2nscc21. The summed E-state index contributed by atoms with van der Waals surface area (Å²) in [4.78, 5) is 37.7. The van der Waals surface area contributed by atoms with Gasteiger partial charge in [0.15, 0.2) is 5.52 Å². The number of amides is 1. The second kappa shape index (κ2) is 7.05. The fraction of sp³-hybridized carbons (Fsp3) is 0.294. The minimum absolute atomic E-state index is 0.190. The van der Waals surface area contributed by atoms with Gasteiger partial charge in [-0.15, -0.1) is 0 Å². The molecule has 0 aliphatic carbocycles. The minimum Gasteiger partial charge on any atom is -0.324 e. The van der Waals surface area contributed by atoms with Crippen molar-refractivity contribution in [3.05, 3.63) is 55.0 Å². The number of aryl methyl sites for hydroxylation is 1. The fourth-order valence-electron chi connectivity index (χ4n) is 2.68. The first-order chi connectivity index (χ1) is 12.3. The number of anilines is 1. The highest BCUT2D eigenvalue weighted by molar-refractivity contribution is 7.04. The maximum atomic E-state index is 12.8. The molecule has 2 heterocycles. The molecule has 1 aromatic carbocycles. The standard InChI is InChI=1S/C17H17ClN4O3S/c1-9(2)22-16(24)15-13(8-26-20-15)21(17(22)25)7-14(23)19-12-6-11(18)5-4-10(12)3/h4-6,8-9H,7H2,1-3H3,(H,19,23). The largest absolute Gasteiger partial charge is 0.332 e. The van der Waals surface area contributed by atoms with Crippen molar-refractivity contribution in [1.29, 1.82) is 0 Å². The van der Waals surface area contributed by atoms with Crippen molar-refractivity contribution in [2.45, 2.75) is 33.4 Å². The lowest BCUT2D eigenvalue weighted by atomic mass is 10.2. The van der Waals surface area contributed by atoms with Crippen molar-refractivity contribution in [3.63, 3.8) is 0 Å². The molecular formula is C17H17ClN4O3S. The molecule has 0 bridgehead atoms. The summed E-state index contributed by atoms with van der Waals surface area (Å²) >= 11 is 7.04. The number of hydrogen-bond donors (Lipinski definition) is 1. The van der Waals surface area contributed by atoms with Gasteiger partial charge in [0.25, 0.3) is 5.56 Å². The maximum Gasteiger partial charge on any atom is 0.332 e. The van der Waals surface area contributed by atoms with Gasteiger partial charge in [-0.1, -0.05) is 17.7 Å². The molecule has 0 saturated heterocycles. The van der Waals surface area contributed by atoms with Gasteiger partial charge in [0, 0.05) is 22.1 Å². The average Bonchev–Trinajstić information content (AvgIpc) is 3.04. The van der Waals surface area contributed by atoms with E-state index in [1.807, 2.05) is 6.92 Å². The number of rotatable bonds is 4. The lowest BCUT2D eigenvalue weighted by molar-refractivity contribution is -0.116. The summed E-state index contributed by atoms with van der Waals surface area (Å²) in [5, 5.41) is 4.86. The number of halogens is 1. The van der Waals surface area contributed by atoms with E-state index in [-0.39, 0.29) is 24.0 Å². The van der Waals surface area contributed by atoms with Gasteiger partial charge in [-0.25, -0.2) is 4.79 Å². The van der Waals surface area contributed by atoms with E-state index in [0.29, 0.717) is 16.2 Å².